The summed E-state index contributed by atoms with van der Waals surface area (Å²) in [6, 6.07) is 1.58. The zero-order chi connectivity index (χ0) is 13.9. The van der Waals surface area contributed by atoms with E-state index in [0.717, 1.165) is 11.4 Å². The van der Waals surface area contributed by atoms with Crippen LogP contribution in [0.1, 0.15) is 11.4 Å². The number of H-pyrrole nitrogens is 1. The molecule has 2 heterocycles. The Labute approximate surface area is 111 Å². The van der Waals surface area contributed by atoms with Gasteiger partial charge in [0.15, 0.2) is 0 Å². The Balaban J connectivity index is 2.01. The Morgan fingerprint density at radius 3 is 2.89 bits per heavy atom. The quantitative estimate of drug-likeness (QED) is 0.678. The number of nitrogens with one attached hydrogen (secondary N) is 2. The minimum absolute atomic E-state index is 0.236. The van der Waals surface area contributed by atoms with E-state index >= 15 is 0 Å². The van der Waals surface area contributed by atoms with Gasteiger partial charge in [-0.2, -0.15) is 0 Å². The van der Waals surface area contributed by atoms with Gasteiger partial charge < -0.3 is 15.3 Å². The van der Waals surface area contributed by atoms with Crippen LogP contribution >= 0.6 is 0 Å². The molecule has 0 bridgehead atoms. The molecule has 7 nitrogen and oxygen atoms in total. The molecule has 2 rings (SSSR count). The van der Waals surface area contributed by atoms with Crippen molar-refractivity contribution >= 4 is 10.0 Å². The Morgan fingerprint density at radius 1 is 1.53 bits per heavy atom. The summed E-state index contributed by atoms with van der Waals surface area (Å²) in [6.45, 7) is 0.623. The number of sulfonamides is 1. The first-order chi connectivity index (χ1) is 9.03. The van der Waals surface area contributed by atoms with Crippen LogP contribution in [0, 0.1) is 0 Å². The Bertz CT molecular complexity index is 630. The molecule has 0 aliphatic rings. The summed E-state index contributed by atoms with van der Waals surface area (Å²) in [5.41, 5.74) is 7.18. The van der Waals surface area contributed by atoms with Crippen LogP contribution in [0.25, 0.3) is 0 Å². The zero-order valence-electron chi connectivity index (χ0n) is 10.6. The van der Waals surface area contributed by atoms with Crippen molar-refractivity contribution in [2.75, 3.05) is 6.54 Å². The second-order valence-electron chi connectivity index (χ2n) is 4.21. The van der Waals surface area contributed by atoms with Gasteiger partial charge in [0.1, 0.15) is 0 Å². The number of hydrogen-bond acceptors (Lipinski definition) is 4. The Hall–Kier alpha value is -1.64. The minimum Gasteiger partial charge on any atom is -0.352 e. The van der Waals surface area contributed by atoms with Crippen LogP contribution in [0.3, 0.4) is 0 Å². The van der Waals surface area contributed by atoms with Crippen molar-refractivity contribution in [1.29, 1.82) is 0 Å². The molecule has 4 N–H and O–H groups in total. The number of hydrogen-bond donors (Lipinski definition) is 3. The molecule has 0 aliphatic heterocycles. The van der Waals surface area contributed by atoms with Crippen LogP contribution in [0.5, 0.6) is 0 Å². The summed E-state index contributed by atoms with van der Waals surface area (Å²) >= 11 is 0. The van der Waals surface area contributed by atoms with E-state index < -0.39 is 10.0 Å². The predicted molar refractivity (Wildman–Crippen MR) is 70.8 cm³/mol. The topological polar surface area (TPSA) is 106 Å². The molecule has 0 aromatic carbocycles. The van der Waals surface area contributed by atoms with E-state index in [0.29, 0.717) is 19.5 Å². The lowest BCUT2D eigenvalue weighted by atomic mass is 10.3. The van der Waals surface area contributed by atoms with Gasteiger partial charge in [-0.05, 0) is 6.07 Å². The average Bonchev–Trinajstić information content (AvgIpc) is 2.98. The van der Waals surface area contributed by atoms with Crippen molar-refractivity contribution in [2.24, 2.45) is 12.8 Å². The summed E-state index contributed by atoms with van der Waals surface area (Å²) in [6.07, 6.45) is 5.36. The largest absolute Gasteiger partial charge is 0.352 e. The van der Waals surface area contributed by atoms with Crippen molar-refractivity contribution in [1.82, 2.24) is 19.3 Å². The van der Waals surface area contributed by atoms with Crippen molar-refractivity contribution in [3.05, 3.63) is 36.2 Å². The fraction of sp³-hybridized carbons (Fsp3) is 0.364. The van der Waals surface area contributed by atoms with Gasteiger partial charge in [0.2, 0.25) is 10.0 Å². The zero-order valence-corrected chi connectivity index (χ0v) is 11.4. The van der Waals surface area contributed by atoms with E-state index in [2.05, 4.69) is 14.7 Å². The molecule has 0 saturated carbocycles. The first-order valence-electron chi connectivity index (χ1n) is 5.85. The van der Waals surface area contributed by atoms with E-state index in [9.17, 15) is 8.42 Å². The summed E-state index contributed by atoms with van der Waals surface area (Å²) in [5, 5.41) is 0. The van der Waals surface area contributed by atoms with E-state index in [1.54, 1.807) is 36.4 Å². The molecular formula is C11H17N5O2S. The van der Waals surface area contributed by atoms with Crippen molar-refractivity contribution < 1.29 is 8.42 Å². The summed E-state index contributed by atoms with van der Waals surface area (Å²) in [7, 11) is -1.72. The average molecular weight is 283 g/mol. The lowest BCUT2D eigenvalue weighted by Crippen LogP contribution is -2.25. The Kier molecular flexibility index (Phi) is 4.03. The monoisotopic (exact) mass is 283 g/mol. The van der Waals surface area contributed by atoms with Gasteiger partial charge in [-0.25, -0.2) is 18.1 Å². The first-order valence-corrected chi connectivity index (χ1v) is 7.33. The molecule has 0 spiro atoms. The smallest absolute Gasteiger partial charge is 0.242 e. The number of aryl methyl sites for hydroxylation is 1. The highest BCUT2D eigenvalue weighted by atomic mass is 32.2. The van der Waals surface area contributed by atoms with Gasteiger partial charge in [0.05, 0.1) is 11.2 Å². The number of rotatable bonds is 6. The van der Waals surface area contributed by atoms with Crippen LogP contribution < -0.4 is 10.5 Å². The van der Waals surface area contributed by atoms with E-state index in [1.165, 1.54) is 0 Å². The maximum Gasteiger partial charge on any atom is 0.242 e. The van der Waals surface area contributed by atoms with Crippen molar-refractivity contribution in [2.45, 2.75) is 17.9 Å². The molecule has 0 radical (unpaired) electrons. The normalized spacial score (nSPS) is 11.9. The fourth-order valence-electron chi connectivity index (χ4n) is 1.75. The van der Waals surface area contributed by atoms with E-state index in [-0.39, 0.29) is 4.90 Å². The lowest BCUT2D eigenvalue weighted by molar-refractivity contribution is 0.581. The number of aromatic amines is 1. The summed E-state index contributed by atoms with van der Waals surface area (Å²) < 4.78 is 28.4. The van der Waals surface area contributed by atoms with Crippen LogP contribution in [0.4, 0.5) is 0 Å². The van der Waals surface area contributed by atoms with Gasteiger partial charge in [-0.3, -0.25) is 0 Å². The lowest BCUT2D eigenvalue weighted by Gasteiger charge is -2.03. The highest BCUT2D eigenvalue weighted by Crippen LogP contribution is 2.12. The van der Waals surface area contributed by atoms with Crippen LogP contribution in [-0.4, -0.2) is 29.5 Å². The maximum absolute atomic E-state index is 12.1. The highest BCUT2D eigenvalue weighted by Gasteiger charge is 2.16. The molecule has 0 amide bonds. The molecule has 0 unspecified atom stereocenters. The van der Waals surface area contributed by atoms with Gasteiger partial charge in [0, 0.05) is 50.3 Å². The third kappa shape index (κ3) is 3.22. The molecule has 2 aromatic rings. The number of aromatic nitrogens is 3. The van der Waals surface area contributed by atoms with Crippen LogP contribution in [0.2, 0.25) is 0 Å². The maximum atomic E-state index is 12.1. The molecular weight excluding hydrogens is 266 g/mol. The molecule has 19 heavy (non-hydrogen) atoms. The second-order valence-corrected chi connectivity index (χ2v) is 5.97. The van der Waals surface area contributed by atoms with Crippen LogP contribution in [-0.2, 0) is 30.0 Å². The van der Waals surface area contributed by atoms with Gasteiger partial charge >= 0.3 is 0 Å². The van der Waals surface area contributed by atoms with Gasteiger partial charge in [0.25, 0.3) is 0 Å². The second kappa shape index (κ2) is 5.55. The molecule has 0 fully saturated rings. The third-order valence-electron chi connectivity index (χ3n) is 2.84. The molecule has 0 atom stereocenters. The Morgan fingerprint density at radius 2 is 2.32 bits per heavy atom. The molecule has 0 aliphatic carbocycles. The van der Waals surface area contributed by atoms with Crippen LogP contribution in [0.15, 0.2) is 29.7 Å². The number of nitrogens with two attached hydrogens (primary N) is 1. The molecule has 0 saturated heterocycles. The predicted octanol–water partition coefficient (Wildman–Crippen LogP) is -0.272. The van der Waals surface area contributed by atoms with Crippen molar-refractivity contribution in [3.8, 4) is 0 Å². The van der Waals surface area contributed by atoms with Crippen molar-refractivity contribution in [3.63, 3.8) is 0 Å². The molecule has 2 aromatic heterocycles. The minimum atomic E-state index is -3.49. The van der Waals surface area contributed by atoms with Gasteiger partial charge in [-0.1, -0.05) is 0 Å². The summed E-state index contributed by atoms with van der Waals surface area (Å²) in [5.74, 6) is 0. The number of nitrogens with zero attached hydrogens (tertiary/aromatic N) is 2. The molecule has 104 valence electrons. The SMILES string of the molecule is Cn1cc(S(=O)(=O)NCCc2cnc[nH]2)cc1CN. The third-order valence-corrected chi connectivity index (χ3v) is 4.27. The summed E-state index contributed by atoms with van der Waals surface area (Å²) in [4.78, 5) is 7.03. The van der Waals surface area contributed by atoms with E-state index in [4.69, 9.17) is 5.73 Å². The van der Waals surface area contributed by atoms with Gasteiger partial charge in [-0.15, -0.1) is 0 Å². The first kappa shape index (κ1) is 13.8. The van der Waals surface area contributed by atoms with E-state index in [1.807, 2.05) is 0 Å². The number of imidazole rings is 1. The fourth-order valence-corrected chi connectivity index (χ4v) is 2.88. The highest BCUT2D eigenvalue weighted by molar-refractivity contribution is 7.89. The molecule has 8 heteroatoms. The standard InChI is InChI=1S/C11H17N5O2S/c1-16-7-11(4-10(16)5-12)19(17,18)15-3-2-9-6-13-8-14-9/h4,6-8,15H,2-3,5,12H2,1H3,(H,13,14).